The molecule has 1 aromatic heterocycles. The van der Waals surface area contributed by atoms with Gasteiger partial charge in [0, 0.05) is 18.8 Å². The smallest absolute Gasteiger partial charge is 0.329 e. The molecule has 17 heavy (non-hydrogen) atoms. The van der Waals surface area contributed by atoms with E-state index in [1.54, 1.807) is 18.8 Å². The van der Waals surface area contributed by atoms with Crippen LogP contribution in [0.25, 0.3) is 0 Å². The van der Waals surface area contributed by atoms with E-state index in [2.05, 4.69) is 20.6 Å². The normalized spacial score (nSPS) is 11.9. The van der Waals surface area contributed by atoms with Gasteiger partial charge in [0.1, 0.15) is 6.20 Å². The van der Waals surface area contributed by atoms with Crippen LogP contribution in [0.5, 0.6) is 0 Å². The Hall–Kier alpha value is -1.57. The number of nitro groups is 1. The first-order valence-electron chi connectivity index (χ1n) is 5.03. The average Bonchev–Trinajstić information content (AvgIpc) is 2.28. The summed E-state index contributed by atoms with van der Waals surface area (Å²) in [6, 6.07) is 0.100. The van der Waals surface area contributed by atoms with E-state index >= 15 is 0 Å². The van der Waals surface area contributed by atoms with E-state index in [1.807, 2.05) is 13.2 Å². The summed E-state index contributed by atoms with van der Waals surface area (Å²) in [4.78, 5) is 18.2. The van der Waals surface area contributed by atoms with Gasteiger partial charge >= 0.3 is 5.69 Å². The Morgan fingerprint density at radius 2 is 2.35 bits per heavy atom. The van der Waals surface area contributed by atoms with Crippen LogP contribution in [0.3, 0.4) is 0 Å². The number of thioether (sulfide) groups is 1. The Balaban J connectivity index is 2.96. The van der Waals surface area contributed by atoms with E-state index in [1.165, 1.54) is 6.20 Å². The zero-order chi connectivity index (χ0) is 12.8. The lowest BCUT2D eigenvalue weighted by molar-refractivity contribution is -0.384. The van der Waals surface area contributed by atoms with Gasteiger partial charge in [-0.25, -0.2) is 4.98 Å². The molecule has 8 heteroatoms. The van der Waals surface area contributed by atoms with Gasteiger partial charge in [0.15, 0.2) is 0 Å². The summed E-state index contributed by atoms with van der Waals surface area (Å²) in [5, 5.41) is 16.6. The molecule has 1 unspecified atom stereocenters. The minimum Gasteiger partial charge on any atom is -0.361 e. The summed E-state index contributed by atoms with van der Waals surface area (Å²) in [6.07, 6.45) is 3.18. The second-order valence-corrected chi connectivity index (χ2v) is 4.35. The van der Waals surface area contributed by atoms with Crippen LogP contribution >= 0.6 is 11.8 Å². The molecule has 1 heterocycles. The summed E-state index contributed by atoms with van der Waals surface area (Å²) in [7, 11) is 1.66. The topological polar surface area (TPSA) is 93.0 Å². The Bertz CT molecular complexity index is 401. The molecule has 0 aromatic carbocycles. The van der Waals surface area contributed by atoms with Crippen molar-refractivity contribution < 1.29 is 4.92 Å². The molecule has 0 radical (unpaired) electrons. The molecule has 7 nitrogen and oxygen atoms in total. The molecule has 0 amide bonds. The molecule has 0 aliphatic rings. The van der Waals surface area contributed by atoms with Crippen LogP contribution in [-0.4, -0.2) is 40.0 Å². The second kappa shape index (κ2) is 6.24. The zero-order valence-electron chi connectivity index (χ0n) is 9.93. The van der Waals surface area contributed by atoms with Crippen molar-refractivity contribution in [1.29, 1.82) is 0 Å². The van der Waals surface area contributed by atoms with Crippen LogP contribution in [0, 0.1) is 10.1 Å². The average molecular weight is 257 g/mol. The van der Waals surface area contributed by atoms with E-state index in [4.69, 9.17) is 0 Å². The van der Waals surface area contributed by atoms with Gasteiger partial charge in [0.25, 0.3) is 0 Å². The number of anilines is 2. The first kappa shape index (κ1) is 13.5. The molecule has 1 aromatic rings. The van der Waals surface area contributed by atoms with Crippen molar-refractivity contribution >= 4 is 29.2 Å². The minimum atomic E-state index is -0.492. The Morgan fingerprint density at radius 3 is 2.88 bits per heavy atom. The zero-order valence-corrected chi connectivity index (χ0v) is 10.7. The van der Waals surface area contributed by atoms with Crippen LogP contribution in [0.1, 0.15) is 6.92 Å². The predicted molar refractivity (Wildman–Crippen MR) is 69.7 cm³/mol. The number of aromatic nitrogens is 2. The van der Waals surface area contributed by atoms with Gasteiger partial charge in [-0.05, 0) is 13.2 Å². The number of rotatable bonds is 6. The lowest BCUT2D eigenvalue weighted by atomic mass is 10.3. The molecule has 0 bridgehead atoms. The van der Waals surface area contributed by atoms with Crippen LogP contribution in [0.15, 0.2) is 6.20 Å². The quantitative estimate of drug-likeness (QED) is 0.590. The fourth-order valence-corrected chi connectivity index (χ4v) is 1.84. The maximum absolute atomic E-state index is 10.8. The first-order chi connectivity index (χ1) is 8.08. The number of nitrogens with one attached hydrogen (secondary N) is 2. The third-order valence-corrected chi connectivity index (χ3v) is 2.82. The van der Waals surface area contributed by atoms with Crippen LogP contribution in [0.2, 0.25) is 0 Å². The fraction of sp³-hybridized carbons (Fsp3) is 0.556. The molecule has 94 valence electrons. The van der Waals surface area contributed by atoms with Crippen LogP contribution < -0.4 is 10.6 Å². The highest BCUT2D eigenvalue weighted by Crippen LogP contribution is 2.22. The van der Waals surface area contributed by atoms with E-state index < -0.39 is 4.92 Å². The lowest BCUT2D eigenvalue weighted by Crippen LogP contribution is -2.20. The standard InChI is InChI=1S/C9H15N5O2S/c1-6(5-17-3)12-8-7(14(15)16)4-11-9(10-2)13-8/h4,6H,5H2,1-3H3,(H2,10,11,12,13). The monoisotopic (exact) mass is 257 g/mol. The fourth-order valence-electron chi connectivity index (χ4n) is 1.26. The van der Waals surface area contributed by atoms with E-state index in [9.17, 15) is 10.1 Å². The highest BCUT2D eigenvalue weighted by atomic mass is 32.2. The van der Waals surface area contributed by atoms with Crippen molar-refractivity contribution in [3.8, 4) is 0 Å². The van der Waals surface area contributed by atoms with Gasteiger partial charge < -0.3 is 10.6 Å². The number of hydrogen-bond donors (Lipinski definition) is 2. The van der Waals surface area contributed by atoms with Crippen molar-refractivity contribution in [2.75, 3.05) is 29.7 Å². The third-order valence-electron chi connectivity index (χ3n) is 1.99. The second-order valence-electron chi connectivity index (χ2n) is 3.44. The van der Waals surface area contributed by atoms with Crippen molar-refractivity contribution in [3.05, 3.63) is 16.3 Å². The molecule has 0 spiro atoms. The Kier molecular flexibility index (Phi) is 4.95. The molecular weight excluding hydrogens is 242 g/mol. The van der Waals surface area contributed by atoms with Gasteiger partial charge in [-0.2, -0.15) is 16.7 Å². The maximum atomic E-state index is 10.8. The summed E-state index contributed by atoms with van der Waals surface area (Å²) >= 11 is 1.66. The Labute approximate surface area is 104 Å². The predicted octanol–water partition coefficient (Wildman–Crippen LogP) is 1.59. The molecule has 0 saturated carbocycles. The van der Waals surface area contributed by atoms with Gasteiger partial charge in [-0.15, -0.1) is 0 Å². The van der Waals surface area contributed by atoms with Crippen LogP contribution in [-0.2, 0) is 0 Å². The lowest BCUT2D eigenvalue weighted by Gasteiger charge is -2.13. The van der Waals surface area contributed by atoms with Gasteiger partial charge in [0.2, 0.25) is 11.8 Å². The van der Waals surface area contributed by atoms with Crippen molar-refractivity contribution in [2.24, 2.45) is 0 Å². The number of nitrogens with zero attached hydrogens (tertiary/aromatic N) is 3. The maximum Gasteiger partial charge on any atom is 0.329 e. The number of hydrogen-bond acceptors (Lipinski definition) is 7. The third kappa shape index (κ3) is 3.74. The first-order valence-corrected chi connectivity index (χ1v) is 6.42. The molecule has 0 aliphatic carbocycles. The van der Waals surface area contributed by atoms with Crippen LogP contribution in [0.4, 0.5) is 17.5 Å². The minimum absolute atomic E-state index is 0.100. The highest BCUT2D eigenvalue weighted by molar-refractivity contribution is 7.98. The molecule has 0 fully saturated rings. The van der Waals surface area contributed by atoms with E-state index in [0.717, 1.165) is 5.75 Å². The Morgan fingerprint density at radius 1 is 1.65 bits per heavy atom. The van der Waals surface area contributed by atoms with Gasteiger partial charge in [-0.1, -0.05) is 0 Å². The summed E-state index contributed by atoms with van der Waals surface area (Å²) < 4.78 is 0. The summed E-state index contributed by atoms with van der Waals surface area (Å²) in [5.41, 5.74) is -0.114. The molecule has 1 rings (SSSR count). The largest absolute Gasteiger partial charge is 0.361 e. The van der Waals surface area contributed by atoms with Gasteiger partial charge in [-0.3, -0.25) is 10.1 Å². The SMILES string of the molecule is CNc1ncc([N+](=O)[O-])c(NC(C)CSC)n1. The van der Waals surface area contributed by atoms with E-state index in [0.29, 0.717) is 5.95 Å². The van der Waals surface area contributed by atoms with Crippen molar-refractivity contribution in [3.63, 3.8) is 0 Å². The summed E-state index contributed by atoms with van der Waals surface area (Å²) in [6.45, 7) is 1.95. The molecular formula is C9H15N5O2S. The summed E-state index contributed by atoms with van der Waals surface area (Å²) in [5.74, 6) is 1.45. The molecule has 2 N–H and O–H groups in total. The molecule has 1 atom stereocenters. The highest BCUT2D eigenvalue weighted by Gasteiger charge is 2.18. The van der Waals surface area contributed by atoms with Gasteiger partial charge in [0.05, 0.1) is 4.92 Å². The van der Waals surface area contributed by atoms with Crippen molar-refractivity contribution in [2.45, 2.75) is 13.0 Å². The molecule has 0 saturated heterocycles. The van der Waals surface area contributed by atoms with E-state index in [-0.39, 0.29) is 17.5 Å². The molecule has 0 aliphatic heterocycles. The van der Waals surface area contributed by atoms with Crippen molar-refractivity contribution in [1.82, 2.24) is 9.97 Å².